The third-order valence-electron chi connectivity index (χ3n) is 13.6. The molecular formula is C41H56NSiTi. The Hall–Kier alpha value is -2.75. The summed E-state index contributed by atoms with van der Waals surface area (Å²) in [5.41, 5.74) is 5.57. The monoisotopic (exact) mass is 638 g/mol. The minimum atomic E-state index is -6.44. The van der Waals surface area contributed by atoms with Crippen molar-refractivity contribution < 1.29 is 9.69 Å². The Kier molecular flexibility index (Phi) is 6.18. The van der Waals surface area contributed by atoms with Gasteiger partial charge in [0.25, 0.3) is 0 Å². The van der Waals surface area contributed by atoms with Gasteiger partial charge in [-0.1, -0.05) is 0 Å². The minimum absolute atomic E-state index is 0.179. The molecule has 5 rings (SSSR count). The van der Waals surface area contributed by atoms with Crippen LogP contribution in [0.5, 0.6) is 0 Å². The summed E-state index contributed by atoms with van der Waals surface area (Å²) in [4.78, 5) is 0. The molecule has 0 bridgehead atoms. The molecule has 0 spiro atoms. The summed E-state index contributed by atoms with van der Waals surface area (Å²) >= 11 is 0. The van der Waals surface area contributed by atoms with E-state index in [1.54, 1.807) is 3.88 Å². The number of rotatable bonds is 11. The average molecular weight is 639 g/mol. The summed E-state index contributed by atoms with van der Waals surface area (Å²) in [5.74, 6) is 0. The van der Waals surface area contributed by atoms with Crippen molar-refractivity contribution in [1.29, 1.82) is 0 Å². The molecule has 0 heterocycles. The predicted octanol–water partition coefficient (Wildman–Crippen LogP) is 10.8. The van der Waals surface area contributed by atoms with Crippen molar-refractivity contribution in [1.82, 2.24) is 3.80 Å². The summed E-state index contributed by atoms with van der Waals surface area (Å²) in [6.07, 6.45) is 8.31. The molecule has 1 N–H and O–H groups in total. The van der Waals surface area contributed by atoms with E-state index in [9.17, 15) is 0 Å². The molecular weight excluding hydrogens is 582 g/mol. The van der Waals surface area contributed by atoms with Crippen LogP contribution in [0.4, 0.5) is 0 Å². The average Bonchev–Trinajstić information content (AvgIpc) is 3.52. The fourth-order valence-corrected chi connectivity index (χ4v) is 65.0. The Morgan fingerprint density at radius 3 is 1.25 bits per heavy atom. The van der Waals surface area contributed by atoms with E-state index in [0.717, 1.165) is 28.0 Å². The molecule has 0 atom stereocenters. The van der Waals surface area contributed by atoms with Crippen molar-refractivity contribution >= 4 is 6.66 Å². The van der Waals surface area contributed by atoms with Crippen molar-refractivity contribution in [3.63, 3.8) is 0 Å². The molecule has 0 fully saturated rings. The van der Waals surface area contributed by atoms with E-state index in [1.807, 2.05) is 0 Å². The normalized spacial score (nSPS) is 18.6. The van der Waals surface area contributed by atoms with E-state index < -0.39 is 16.4 Å². The zero-order chi connectivity index (χ0) is 31.8. The summed E-state index contributed by atoms with van der Waals surface area (Å²) in [7, 11) is -6.44. The van der Waals surface area contributed by atoms with E-state index in [0.29, 0.717) is 0 Å². The van der Waals surface area contributed by atoms with Crippen LogP contribution in [0.3, 0.4) is 0 Å². The van der Waals surface area contributed by atoms with E-state index in [4.69, 9.17) is 3.80 Å². The number of hydrogen-bond donors (Lipinski definition) is 1. The van der Waals surface area contributed by atoms with Crippen LogP contribution in [0.1, 0.15) is 49.4 Å². The van der Waals surface area contributed by atoms with Gasteiger partial charge in [0.05, 0.1) is 0 Å². The molecule has 4 aromatic carbocycles. The van der Waals surface area contributed by atoms with Gasteiger partial charge in [0.15, 0.2) is 0 Å². The van der Waals surface area contributed by atoms with Crippen LogP contribution in [-0.4, -0.2) is 12.2 Å². The Bertz CT molecular complexity index is 1720. The van der Waals surface area contributed by atoms with Crippen molar-refractivity contribution in [3.05, 3.63) is 166 Å². The van der Waals surface area contributed by atoms with Crippen LogP contribution in [0.2, 0.25) is 20.9 Å². The quantitative estimate of drug-likeness (QED) is 0.161. The van der Waals surface area contributed by atoms with Gasteiger partial charge in [-0.15, -0.1) is 0 Å². The van der Waals surface area contributed by atoms with E-state index in [-0.39, 0.29) is 5.54 Å². The fourth-order valence-electron chi connectivity index (χ4n) is 12.1. The van der Waals surface area contributed by atoms with E-state index >= 15 is 0 Å². The zero-order valence-electron chi connectivity index (χ0n) is 28.4. The van der Waals surface area contributed by atoms with Crippen LogP contribution in [0.15, 0.2) is 143 Å². The van der Waals surface area contributed by atoms with Gasteiger partial charge in [-0.05, 0) is 0 Å². The van der Waals surface area contributed by atoms with Crippen LogP contribution in [0.25, 0.3) is 0 Å². The summed E-state index contributed by atoms with van der Waals surface area (Å²) in [6.45, 7) is 5.16. The number of allylic oxidation sites excluding steroid dienone is 4. The zero-order valence-corrected chi connectivity index (χ0v) is 31.1. The molecule has 44 heavy (non-hydrogen) atoms. The predicted molar refractivity (Wildman–Crippen MR) is 196 cm³/mol. The van der Waals surface area contributed by atoms with E-state index in [2.05, 4.69) is 181 Å². The molecule has 1 nitrogen and oxygen atoms in total. The van der Waals surface area contributed by atoms with Gasteiger partial charge >= 0.3 is 261 Å². The Morgan fingerprint density at radius 1 is 0.568 bits per heavy atom. The van der Waals surface area contributed by atoms with Gasteiger partial charge in [-0.2, -0.15) is 0 Å². The molecule has 0 radical (unpaired) electrons. The van der Waals surface area contributed by atoms with Crippen LogP contribution >= 0.6 is 0 Å². The van der Waals surface area contributed by atoms with E-state index in [1.165, 1.54) is 22.3 Å². The van der Waals surface area contributed by atoms with Crippen molar-refractivity contribution in [2.45, 2.75) is 75.2 Å². The Labute approximate surface area is 259 Å². The first-order valence-corrected chi connectivity index (χ1v) is 31.8. The van der Waals surface area contributed by atoms with Gasteiger partial charge in [-0.3, -0.25) is 0 Å². The summed E-state index contributed by atoms with van der Waals surface area (Å²) in [6, 6.07) is 47.9. The second-order valence-electron chi connectivity index (χ2n) is 21.9. The van der Waals surface area contributed by atoms with Gasteiger partial charge in [0.2, 0.25) is 0 Å². The number of hydrogen-bond acceptors (Lipinski definition) is 1. The Morgan fingerprint density at radius 2 is 0.932 bits per heavy atom. The summed E-state index contributed by atoms with van der Waals surface area (Å²) in [5, 5.41) is 11.5. The topological polar surface area (TPSA) is 12.0 Å². The molecule has 0 aliphatic heterocycles. The first-order chi connectivity index (χ1) is 20.3. The first kappa shape index (κ1) is 32.6. The molecule has 4 aromatic rings. The Balaban J connectivity index is 2.09. The molecule has 3 heteroatoms. The molecule has 233 valence electrons. The molecule has 0 unspecified atom stereocenters. The van der Waals surface area contributed by atoms with Crippen LogP contribution < -0.4 is 3.80 Å². The SMILES string of the molecule is CC(C)(C)[NH][Ti]([CH3])([CH3])([CH3])([CH3])([CH2]c1ccccc1)([CH2]c1ccccc1)([C]1=CC=CC1)[SiH](Cc1ccccc1)Cc1ccccc1. The van der Waals surface area contributed by atoms with Crippen LogP contribution in [-0.2, 0) is 31.2 Å². The fraction of sp³-hybridized carbons (Fsp3) is 0.317. The van der Waals surface area contributed by atoms with Crippen molar-refractivity contribution in [3.8, 4) is 0 Å². The molecule has 1 aliphatic carbocycles. The number of benzene rings is 4. The molecule has 0 amide bonds. The number of nitrogens with one attached hydrogen (secondary N) is 1. The van der Waals surface area contributed by atoms with Crippen LogP contribution in [0, 0.1) is 0 Å². The molecule has 1 aliphatic rings. The second kappa shape index (κ2) is 8.34. The van der Waals surface area contributed by atoms with Crippen molar-refractivity contribution in [2.24, 2.45) is 0 Å². The maximum atomic E-state index is 4.97. The standard InChI is InChI=1S/C14H15Si.2C7H7.C5H5.C4H10N.4CH3.Ti/c1-3-7-13(8-4-1)11-15-12-14-9-5-2-6-10-14;2*1-7-5-3-2-4-6-7;1-2-4-5-3-1;1-4(2,3)5;;;;;/h1-10,15H,11-12H2;2*2-6H,1H2;1-3H,4H2;5H,1-3H3;4*1H3;/q;;;;-1;;;;;+1. The van der Waals surface area contributed by atoms with Gasteiger partial charge in [-0.25, -0.2) is 0 Å². The second-order valence-corrected chi connectivity index (χ2v) is 79.3. The molecule has 0 saturated heterocycles. The third kappa shape index (κ3) is 4.99. The summed E-state index contributed by atoms with van der Waals surface area (Å²) < 4.78 is 8.58. The van der Waals surface area contributed by atoms with Crippen molar-refractivity contribution in [2.75, 3.05) is 0 Å². The maximum absolute atomic E-state index is 6.44. The van der Waals surface area contributed by atoms with Gasteiger partial charge in [0, 0.05) is 0 Å². The molecule has 0 saturated carbocycles. The first-order valence-electron chi connectivity index (χ1n) is 16.8. The van der Waals surface area contributed by atoms with Gasteiger partial charge in [0.1, 0.15) is 0 Å². The van der Waals surface area contributed by atoms with Gasteiger partial charge < -0.3 is 0 Å². The molecule has 0 aromatic heterocycles. The third-order valence-corrected chi connectivity index (χ3v) is 70.1.